The van der Waals surface area contributed by atoms with E-state index in [0.717, 1.165) is 29.0 Å². The molecule has 0 aliphatic carbocycles. The second-order valence-electron chi connectivity index (χ2n) is 6.42. The first-order valence-electron chi connectivity index (χ1n) is 9.55. The van der Waals surface area contributed by atoms with Crippen molar-refractivity contribution in [3.8, 4) is 22.9 Å². The highest BCUT2D eigenvalue weighted by atomic mass is 32.1. The fourth-order valence-corrected chi connectivity index (χ4v) is 3.76. The molecule has 0 radical (unpaired) electrons. The third-order valence-corrected chi connectivity index (χ3v) is 5.22. The Labute approximate surface area is 172 Å². The van der Waals surface area contributed by atoms with E-state index in [4.69, 9.17) is 9.47 Å². The van der Waals surface area contributed by atoms with Crippen LogP contribution in [0.15, 0.2) is 53.3 Å². The topological polar surface area (TPSA) is 65.7 Å². The normalized spacial score (nSPS) is 11.9. The van der Waals surface area contributed by atoms with Crippen LogP contribution >= 0.6 is 11.3 Å². The standard InChI is InChI=1S/C22H21N3O3S/c1-3-13-28-18-9-5-15(6-10-18)14-19-21(26)25-22(29-19)23-20(24-25)16-7-11-17(12-8-16)27-4-2/h5-12,14H,3-4,13H2,1-2H3/b19-14-. The largest absolute Gasteiger partial charge is 0.494 e. The molecule has 148 valence electrons. The number of aromatic nitrogens is 3. The van der Waals surface area contributed by atoms with Crippen LogP contribution in [0.3, 0.4) is 0 Å². The Kier molecular flexibility index (Phi) is 5.57. The van der Waals surface area contributed by atoms with Crippen LogP contribution in [0.4, 0.5) is 0 Å². The Balaban J connectivity index is 1.61. The van der Waals surface area contributed by atoms with Crippen LogP contribution in [-0.2, 0) is 0 Å². The van der Waals surface area contributed by atoms with E-state index in [1.165, 1.54) is 15.9 Å². The van der Waals surface area contributed by atoms with Crippen molar-refractivity contribution >= 4 is 22.4 Å². The van der Waals surface area contributed by atoms with Gasteiger partial charge in [0.05, 0.1) is 17.7 Å². The van der Waals surface area contributed by atoms with Gasteiger partial charge in [-0.25, -0.2) is 0 Å². The first-order valence-corrected chi connectivity index (χ1v) is 10.4. The number of nitrogens with zero attached hydrogens (tertiary/aromatic N) is 3. The van der Waals surface area contributed by atoms with Gasteiger partial charge in [-0.3, -0.25) is 4.79 Å². The van der Waals surface area contributed by atoms with Crippen LogP contribution in [0.5, 0.6) is 11.5 Å². The minimum Gasteiger partial charge on any atom is -0.494 e. The predicted octanol–water partition coefficient (Wildman–Crippen LogP) is 3.55. The van der Waals surface area contributed by atoms with E-state index >= 15 is 0 Å². The molecule has 0 spiro atoms. The second kappa shape index (κ2) is 8.45. The van der Waals surface area contributed by atoms with Gasteiger partial charge in [0, 0.05) is 5.56 Å². The zero-order valence-corrected chi connectivity index (χ0v) is 17.1. The zero-order chi connectivity index (χ0) is 20.2. The molecule has 7 heteroatoms. The van der Waals surface area contributed by atoms with E-state index < -0.39 is 0 Å². The molecule has 0 atom stereocenters. The molecule has 4 aromatic rings. The molecular formula is C22H21N3O3S. The smallest absolute Gasteiger partial charge is 0.291 e. The molecule has 0 unspecified atom stereocenters. The second-order valence-corrected chi connectivity index (χ2v) is 7.43. The van der Waals surface area contributed by atoms with Crippen LogP contribution < -0.4 is 19.6 Å². The summed E-state index contributed by atoms with van der Waals surface area (Å²) < 4.78 is 13.0. The Morgan fingerprint density at radius 1 is 1.00 bits per heavy atom. The zero-order valence-electron chi connectivity index (χ0n) is 16.3. The number of benzene rings is 2. The molecule has 0 fully saturated rings. The summed E-state index contributed by atoms with van der Waals surface area (Å²) in [5.41, 5.74) is 1.61. The van der Waals surface area contributed by atoms with Crippen molar-refractivity contribution < 1.29 is 9.47 Å². The first kappa shape index (κ1) is 19.1. The number of hydrogen-bond donors (Lipinski definition) is 0. The van der Waals surface area contributed by atoms with Gasteiger partial charge in [-0.05, 0) is 61.4 Å². The molecule has 0 N–H and O–H groups in total. The Bertz CT molecular complexity index is 1210. The van der Waals surface area contributed by atoms with E-state index in [2.05, 4.69) is 17.0 Å². The van der Waals surface area contributed by atoms with Crippen molar-refractivity contribution in [2.45, 2.75) is 20.3 Å². The molecule has 29 heavy (non-hydrogen) atoms. The summed E-state index contributed by atoms with van der Waals surface area (Å²) in [6, 6.07) is 15.2. The predicted molar refractivity (Wildman–Crippen MR) is 115 cm³/mol. The average Bonchev–Trinajstić information content (AvgIpc) is 3.28. The Morgan fingerprint density at radius 3 is 2.34 bits per heavy atom. The van der Waals surface area contributed by atoms with Gasteiger partial charge in [0.2, 0.25) is 4.96 Å². The number of rotatable bonds is 7. The Morgan fingerprint density at radius 2 is 1.69 bits per heavy atom. The van der Waals surface area contributed by atoms with Crippen LogP contribution in [0.2, 0.25) is 0 Å². The molecular weight excluding hydrogens is 386 g/mol. The van der Waals surface area contributed by atoms with Crippen molar-refractivity contribution in [2.24, 2.45) is 0 Å². The quantitative estimate of drug-likeness (QED) is 0.469. The molecule has 0 amide bonds. The molecule has 2 heterocycles. The van der Waals surface area contributed by atoms with Crippen LogP contribution in [0.25, 0.3) is 22.4 Å². The van der Waals surface area contributed by atoms with Gasteiger partial charge >= 0.3 is 0 Å². The van der Waals surface area contributed by atoms with E-state index in [0.29, 0.717) is 28.5 Å². The summed E-state index contributed by atoms with van der Waals surface area (Å²) in [4.78, 5) is 17.8. The van der Waals surface area contributed by atoms with Crippen molar-refractivity contribution in [2.75, 3.05) is 13.2 Å². The van der Waals surface area contributed by atoms with Crippen molar-refractivity contribution in [3.05, 3.63) is 69.0 Å². The average molecular weight is 407 g/mol. The number of ether oxygens (including phenoxy) is 2. The third-order valence-electron chi connectivity index (χ3n) is 4.26. The van der Waals surface area contributed by atoms with Crippen molar-refractivity contribution in [1.29, 1.82) is 0 Å². The summed E-state index contributed by atoms with van der Waals surface area (Å²) in [7, 11) is 0. The highest BCUT2D eigenvalue weighted by Crippen LogP contribution is 2.20. The lowest BCUT2D eigenvalue weighted by molar-refractivity contribution is 0.317. The van der Waals surface area contributed by atoms with E-state index in [1.807, 2.05) is 61.5 Å². The molecule has 0 aliphatic rings. The Hall–Kier alpha value is -3.19. The molecule has 0 saturated carbocycles. The lowest BCUT2D eigenvalue weighted by atomic mass is 10.2. The van der Waals surface area contributed by atoms with Gasteiger partial charge in [0.25, 0.3) is 5.56 Å². The highest BCUT2D eigenvalue weighted by molar-refractivity contribution is 7.15. The molecule has 2 aromatic heterocycles. The van der Waals surface area contributed by atoms with Crippen LogP contribution in [0, 0.1) is 0 Å². The summed E-state index contributed by atoms with van der Waals surface area (Å²) in [6.07, 6.45) is 2.82. The van der Waals surface area contributed by atoms with Crippen LogP contribution in [-0.4, -0.2) is 27.8 Å². The van der Waals surface area contributed by atoms with Gasteiger partial charge < -0.3 is 9.47 Å². The summed E-state index contributed by atoms with van der Waals surface area (Å²) >= 11 is 1.33. The maximum Gasteiger partial charge on any atom is 0.291 e. The number of fused-ring (bicyclic) bond motifs is 1. The van der Waals surface area contributed by atoms with Gasteiger partial charge in [-0.1, -0.05) is 30.4 Å². The molecule has 4 rings (SSSR count). The van der Waals surface area contributed by atoms with Crippen LogP contribution in [0.1, 0.15) is 25.8 Å². The summed E-state index contributed by atoms with van der Waals surface area (Å²) in [5.74, 6) is 2.15. The fraction of sp³-hybridized carbons (Fsp3) is 0.227. The minimum absolute atomic E-state index is 0.166. The summed E-state index contributed by atoms with van der Waals surface area (Å²) in [5, 5.41) is 4.39. The van der Waals surface area contributed by atoms with Gasteiger partial charge in [0.1, 0.15) is 11.5 Å². The third kappa shape index (κ3) is 4.14. The molecule has 2 aromatic carbocycles. The molecule has 0 bridgehead atoms. The number of hydrogen-bond acceptors (Lipinski definition) is 6. The van der Waals surface area contributed by atoms with Crippen molar-refractivity contribution in [3.63, 3.8) is 0 Å². The van der Waals surface area contributed by atoms with E-state index in [1.54, 1.807) is 0 Å². The SMILES string of the molecule is CCCOc1ccc(/C=c2\sc3nc(-c4ccc(OCC)cc4)nn3c2=O)cc1. The molecule has 0 aliphatic heterocycles. The van der Waals surface area contributed by atoms with Crippen molar-refractivity contribution in [1.82, 2.24) is 14.6 Å². The van der Waals surface area contributed by atoms with E-state index in [-0.39, 0.29) is 5.56 Å². The fourth-order valence-electron chi connectivity index (χ4n) is 2.85. The molecule has 0 saturated heterocycles. The van der Waals surface area contributed by atoms with Gasteiger partial charge in [-0.15, -0.1) is 5.10 Å². The first-order chi connectivity index (χ1) is 14.2. The number of thiazole rings is 1. The monoisotopic (exact) mass is 407 g/mol. The molecule has 6 nitrogen and oxygen atoms in total. The highest BCUT2D eigenvalue weighted by Gasteiger charge is 2.12. The van der Waals surface area contributed by atoms with E-state index in [9.17, 15) is 4.79 Å². The van der Waals surface area contributed by atoms with Gasteiger partial charge in [0.15, 0.2) is 5.82 Å². The lowest BCUT2D eigenvalue weighted by Crippen LogP contribution is -2.23. The lowest BCUT2D eigenvalue weighted by Gasteiger charge is -2.03. The maximum atomic E-state index is 12.7. The van der Waals surface area contributed by atoms with Gasteiger partial charge in [-0.2, -0.15) is 9.50 Å². The minimum atomic E-state index is -0.166. The summed E-state index contributed by atoms with van der Waals surface area (Å²) in [6.45, 7) is 5.32. The maximum absolute atomic E-state index is 12.7.